The number of amides is 2. The number of nitrogens with one attached hydrogen (secondary N) is 3. The van der Waals surface area contributed by atoms with Crippen LogP contribution in [-0.4, -0.2) is 30.9 Å². The highest BCUT2D eigenvalue weighted by Crippen LogP contribution is 2.19. The van der Waals surface area contributed by atoms with E-state index in [1.807, 2.05) is 18.2 Å². The van der Waals surface area contributed by atoms with E-state index in [2.05, 4.69) is 16.0 Å². The first kappa shape index (κ1) is 13.1. The topological polar surface area (TPSA) is 70.2 Å². The molecule has 5 nitrogen and oxygen atoms in total. The normalized spacial score (nSPS) is 17.2. The third kappa shape index (κ3) is 2.99. The van der Waals surface area contributed by atoms with Crippen LogP contribution >= 0.6 is 0 Å². The fourth-order valence-electron chi connectivity index (χ4n) is 2.51. The highest BCUT2D eigenvalue weighted by atomic mass is 16.2. The molecule has 1 fully saturated rings. The van der Waals surface area contributed by atoms with Crippen molar-refractivity contribution < 1.29 is 9.59 Å². The Hall–Kier alpha value is -1.88. The minimum absolute atomic E-state index is 0.0528. The quantitative estimate of drug-likeness (QED) is 0.741. The fraction of sp³-hybridized carbons (Fsp3) is 0.467. The second-order valence-corrected chi connectivity index (χ2v) is 5.39. The van der Waals surface area contributed by atoms with Crippen molar-refractivity contribution in [3.8, 4) is 0 Å². The van der Waals surface area contributed by atoms with Crippen molar-refractivity contribution in [2.45, 2.75) is 31.8 Å². The van der Waals surface area contributed by atoms with Gasteiger partial charge >= 0.3 is 0 Å². The van der Waals surface area contributed by atoms with Crippen LogP contribution < -0.4 is 16.0 Å². The van der Waals surface area contributed by atoms with E-state index in [4.69, 9.17) is 0 Å². The number of hydrogen-bond acceptors (Lipinski definition) is 3. The first-order valence-corrected chi connectivity index (χ1v) is 7.13. The highest BCUT2D eigenvalue weighted by molar-refractivity contribution is 5.98. The van der Waals surface area contributed by atoms with Crippen LogP contribution in [0.5, 0.6) is 0 Å². The van der Waals surface area contributed by atoms with Gasteiger partial charge in [0.1, 0.15) is 0 Å². The number of benzene rings is 1. The van der Waals surface area contributed by atoms with Gasteiger partial charge in [-0.3, -0.25) is 9.59 Å². The predicted molar refractivity (Wildman–Crippen MR) is 75.4 cm³/mol. The molecular formula is C15H19N3O2. The minimum atomic E-state index is -0.158. The van der Waals surface area contributed by atoms with Gasteiger partial charge in [0.2, 0.25) is 5.91 Å². The zero-order valence-corrected chi connectivity index (χ0v) is 11.4. The Morgan fingerprint density at radius 2 is 2.15 bits per heavy atom. The van der Waals surface area contributed by atoms with Gasteiger partial charge in [0.25, 0.3) is 5.91 Å². The average Bonchev–Trinajstić information content (AvgIpc) is 3.28. The summed E-state index contributed by atoms with van der Waals surface area (Å²) in [5.41, 5.74) is 2.97. The zero-order valence-electron chi connectivity index (χ0n) is 11.4. The predicted octanol–water partition coefficient (Wildman–Crippen LogP) is 0.341. The number of carbonyl (C=O) groups excluding carboxylic acids is 2. The van der Waals surface area contributed by atoms with Gasteiger partial charge in [-0.2, -0.15) is 0 Å². The van der Waals surface area contributed by atoms with Crippen LogP contribution in [0.2, 0.25) is 0 Å². The van der Waals surface area contributed by atoms with Crippen molar-refractivity contribution in [1.82, 2.24) is 16.0 Å². The summed E-state index contributed by atoms with van der Waals surface area (Å²) < 4.78 is 0. The van der Waals surface area contributed by atoms with Crippen molar-refractivity contribution >= 4 is 11.8 Å². The van der Waals surface area contributed by atoms with Crippen molar-refractivity contribution in [3.05, 3.63) is 34.9 Å². The summed E-state index contributed by atoms with van der Waals surface area (Å²) in [4.78, 5) is 23.8. The van der Waals surface area contributed by atoms with Gasteiger partial charge in [-0.1, -0.05) is 12.1 Å². The van der Waals surface area contributed by atoms with Crippen molar-refractivity contribution in [2.24, 2.45) is 0 Å². The highest BCUT2D eigenvalue weighted by Gasteiger charge is 2.23. The summed E-state index contributed by atoms with van der Waals surface area (Å²) >= 11 is 0. The molecule has 1 aromatic rings. The van der Waals surface area contributed by atoms with E-state index in [-0.39, 0.29) is 18.4 Å². The van der Waals surface area contributed by atoms with E-state index >= 15 is 0 Å². The van der Waals surface area contributed by atoms with E-state index in [0.717, 1.165) is 37.9 Å². The van der Waals surface area contributed by atoms with Gasteiger partial charge in [0, 0.05) is 18.2 Å². The van der Waals surface area contributed by atoms with Gasteiger partial charge in [-0.15, -0.1) is 0 Å². The van der Waals surface area contributed by atoms with E-state index in [9.17, 15) is 9.59 Å². The third-order valence-electron chi connectivity index (χ3n) is 3.74. The van der Waals surface area contributed by atoms with E-state index in [1.54, 1.807) is 0 Å². The van der Waals surface area contributed by atoms with Gasteiger partial charge in [0.15, 0.2) is 0 Å². The molecule has 0 aromatic heterocycles. The Labute approximate surface area is 118 Å². The van der Waals surface area contributed by atoms with Crippen LogP contribution in [-0.2, 0) is 17.8 Å². The monoisotopic (exact) mass is 273 g/mol. The average molecular weight is 273 g/mol. The van der Waals surface area contributed by atoms with Crippen molar-refractivity contribution in [2.75, 3.05) is 13.1 Å². The molecule has 0 saturated heterocycles. The van der Waals surface area contributed by atoms with Crippen molar-refractivity contribution in [1.29, 1.82) is 0 Å². The lowest BCUT2D eigenvalue weighted by Crippen LogP contribution is -2.38. The van der Waals surface area contributed by atoms with Crippen molar-refractivity contribution in [3.63, 3.8) is 0 Å². The number of rotatable bonds is 4. The maximum atomic E-state index is 12.2. The van der Waals surface area contributed by atoms with Crippen LogP contribution in [0.4, 0.5) is 0 Å². The van der Waals surface area contributed by atoms with Crippen LogP contribution in [0.15, 0.2) is 18.2 Å². The molecule has 3 N–H and O–H groups in total. The summed E-state index contributed by atoms with van der Waals surface area (Å²) in [6, 6.07) is 6.09. The molecule has 0 spiro atoms. The van der Waals surface area contributed by atoms with Gasteiger partial charge in [0.05, 0.1) is 6.54 Å². The molecule has 0 bridgehead atoms. The molecule has 3 rings (SSSR count). The first-order valence-electron chi connectivity index (χ1n) is 7.13. The smallest absolute Gasteiger partial charge is 0.252 e. The fourth-order valence-corrected chi connectivity index (χ4v) is 2.51. The molecule has 1 aromatic carbocycles. The van der Waals surface area contributed by atoms with Gasteiger partial charge in [-0.25, -0.2) is 0 Å². The minimum Gasteiger partial charge on any atom is -0.352 e. The molecule has 1 aliphatic carbocycles. The Bertz CT molecular complexity index is 538. The molecular weight excluding hydrogens is 254 g/mol. The van der Waals surface area contributed by atoms with E-state index in [1.165, 1.54) is 5.56 Å². The summed E-state index contributed by atoms with van der Waals surface area (Å²) in [7, 11) is 0. The van der Waals surface area contributed by atoms with Crippen LogP contribution in [0.1, 0.15) is 34.3 Å². The summed E-state index contributed by atoms with van der Waals surface area (Å²) in [6.07, 6.45) is 2.96. The Balaban J connectivity index is 1.63. The largest absolute Gasteiger partial charge is 0.352 e. The molecule has 0 unspecified atom stereocenters. The molecule has 106 valence electrons. The Kier molecular flexibility index (Phi) is 3.69. The molecule has 1 heterocycles. The SMILES string of the molecule is O=C(CNC(=O)c1cccc2c1CCNC2)NC1CC1. The van der Waals surface area contributed by atoms with Crippen LogP contribution in [0.25, 0.3) is 0 Å². The Morgan fingerprint density at radius 3 is 2.95 bits per heavy atom. The number of fused-ring (bicyclic) bond motifs is 1. The first-order chi connectivity index (χ1) is 9.74. The van der Waals surface area contributed by atoms with Crippen LogP contribution in [0.3, 0.4) is 0 Å². The summed E-state index contributed by atoms with van der Waals surface area (Å²) in [5, 5.41) is 8.86. The molecule has 5 heteroatoms. The molecule has 2 amide bonds. The maximum Gasteiger partial charge on any atom is 0.252 e. The summed E-state index contributed by atoms with van der Waals surface area (Å²) in [6.45, 7) is 1.75. The lowest BCUT2D eigenvalue weighted by Gasteiger charge is -2.19. The second-order valence-electron chi connectivity index (χ2n) is 5.39. The standard InChI is InChI=1S/C15H19N3O2/c19-14(18-11-4-5-11)9-17-15(20)13-3-1-2-10-8-16-7-6-12(10)13/h1-3,11,16H,4-9H2,(H,17,20)(H,18,19). The molecule has 1 aliphatic heterocycles. The molecule has 20 heavy (non-hydrogen) atoms. The lowest BCUT2D eigenvalue weighted by atomic mass is 9.95. The number of hydrogen-bond donors (Lipinski definition) is 3. The molecule has 1 saturated carbocycles. The zero-order chi connectivity index (χ0) is 13.9. The van der Waals surface area contributed by atoms with Gasteiger partial charge in [-0.05, 0) is 43.0 Å². The second kappa shape index (κ2) is 5.63. The molecule has 0 atom stereocenters. The molecule has 2 aliphatic rings. The van der Waals surface area contributed by atoms with E-state index < -0.39 is 0 Å². The third-order valence-corrected chi connectivity index (χ3v) is 3.74. The Morgan fingerprint density at radius 1 is 1.30 bits per heavy atom. The van der Waals surface area contributed by atoms with E-state index in [0.29, 0.717) is 11.6 Å². The maximum absolute atomic E-state index is 12.2. The van der Waals surface area contributed by atoms with Crippen LogP contribution in [0, 0.1) is 0 Å². The molecule has 0 radical (unpaired) electrons. The summed E-state index contributed by atoms with van der Waals surface area (Å²) in [5.74, 6) is -0.262. The lowest BCUT2D eigenvalue weighted by molar-refractivity contribution is -0.120. The van der Waals surface area contributed by atoms with Gasteiger partial charge < -0.3 is 16.0 Å². The number of carbonyl (C=O) groups is 2.